The molecule has 0 unspecified atom stereocenters. The van der Waals surface area contributed by atoms with E-state index < -0.39 is 0 Å². The fourth-order valence-electron chi connectivity index (χ4n) is 3.34. The molecule has 1 fully saturated rings. The summed E-state index contributed by atoms with van der Waals surface area (Å²) in [5.41, 5.74) is 3.83. The lowest BCUT2D eigenvalue weighted by Crippen LogP contribution is -1.99. The predicted molar refractivity (Wildman–Crippen MR) is 120 cm³/mol. The summed E-state index contributed by atoms with van der Waals surface area (Å²) in [4.78, 5) is 13.7. The molecule has 1 aliphatic rings. The summed E-state index contributed by atoms with van der Waals surface area (Å²) in [6, 6.07) is 9.55. The van der Waals surface area contributed by atoms with Crippen molar-refractivity contribution in [2.75, 3.05) is 19.5 Å². The zero-order valence-electron chi connectivity index (χ0n) is 17.4. The summed E-state index contributed by atoms with van der Waals surface area (Å²) >= 11 is 0. The molecule has 1 aromatic carbocycles. The van der Waals surface area contributed by atoms with Crippen LogP contribution in [-0.4, -0.2) is 34.3 Å². The van der Waals surface area contributed by atoms with Gasteiger partial charge in [0.25, 0.3) is 5.89 Å². The van der Waals surface area contributed by atoms with Crippen molar-refractivity contribution < 1.29 is 14.0 Å². The van der Waals surface area contributed by atoms with Crippen LogP contribution in [0.15, 0.2) is 41.1 Å². The van der Waals surface area contributed by atoms with Gasteiger partial charge in [0, 0.05) is 47.1 Å². The molecule has 9 heteroatoms. The van der Waals surface area contributed by atoms with E-state index in [1.54, 1.807) is 20.4 Å². The number of pyridine rings is 2. The molecule has 31 heavy (non-hydrogen) atoms. The van der Waals surface area contributed by atoms with Gasteiger partial charge in [-0.1, -0.05) is 5.16 Å². The topological polar surface area (TPSA) is 95.2 Å². The quantitative estimate of drug-likeness (QED) is 0.446. The van der Waals surface area contributed by atoms with E-state index in [1.165, 1.54) is 0 Å². The molecule has 8 nitrogen and oxygen atoms in total. The van der Waals surface area contributed by atoms with E-state index in [1.807, 2.05) is 37.3 Å². The number of nitrogens with zero attached hydrogens (tertiary/aromatic N) is 4. The number of halogens is 1. The van der Waals surface area contributed by atoms with Crippen molar-refractivity contribution in [3.63, 3.8) is 0 Å². The maximum atomic E-state index is 5.58. The van der Waals surface area contributed by atoms with Gasteiger partial charge in [0.05, 0.1) is 25.5 Å². The summed E-state index contributed by atoms with van der Waals surface area (Å²) in [5.74, 6) is 2.95. The maximum Gasteiger partial charge on any atom is 0.261 e. The molecule has 0 atom stereocenters. The Kier molecular flexibility index (Phi) is 5.65. The Bertz CT molecular complexity index is 1220. The Morgan fingerprint density at radius 1 is 1.03 bits per heavy atom. The highest BCUT2D eigenvalue weighted by atomic mass is 35.5. The minimum absolute atomic E-state index is 0. The Morgan fingerprint density at radius 2 is 1.77 bits per heavy atom. The van der Waals surface area contributed by atoms with Gasteiger partial charge in [0.2, 0.25) is 0 Å². The third-order valence-corrected chi connectivity index (χ3v) is 5.10. The van der Waals surface area contributed by atoms with Crippen LogP contribution >= 0.6 is 12.4 Å². The molecule has 0 saturated heterocycles. The maximum absolute atomic E-state index is 5.58. The molecule has 0 radical (unpaired) electrons. The predicted octanol–water partition coefficient (Wildman–Crippen LogP) is 5.05. The molecule has 4 aromatic rings. The minimum atomic E-state index is 0. The molecule has 3 heterocycles. The first-order valence-electron chi connectivity index (χ1n) is 9.75. The SMILES string of the molecule is COc1cc(Nc2c(-c3nc(C4CC4)no3)cnc3nc(C)ccc23)cc(OC)c1.Cl. The zero-order chi connectivity index (χ0) is 20.7. The second kappa shape index (κ2) is 8.39. The molecule has 1 aliphatic carbocycles. The van der Waals surface area contributed by atoms with Crippen molar-refractivity contribution in [3.05, 3.63) is 48.0 Å². The molecule has 0 amide bonds. The van der Waals surface area contributed by atoms with Gasteiger partial charge in [-0.05, 0) is 31.9 Å². The number of fused-ring (bicyclic) bond motifs is 1. The van der Waals surface area contributed by atoms with Gasteiger partial charge >= 0.3 is 0 Å². The lowest BCUT2D eigenvalue weighted by Gasteiger charge is -2.14. The first-order valence-corrected chi connectivity index (χ1v) is 9.75. The second-order valence-electron chi connectivity index (χ2n) is 7.33. The van der Waals surface area contributed by atoms with Crippen LogP contribution in [0.3, 0.4) is 0 Å². The number of benzene rings is 1. The highest BCUT2D eigenvalue weighted by molar-refractivity contribution is 5.98. The monoisotopic (exact) mass is 439 g/mol. The molecule has 0 spiro atoms. The summed E-state index contributed by atoms with van der Waals surface area (Å²) in [7, 11) is 3.24. The highest BCUT2D eigenvalue weighted by Gasteiger charge is 2.29. The van der Waals surface area contributed by atoms with Crippen molar-refractivity contribution in [3.8, 4) is 23.0 Å². The first-order chi connectivity index (χ1) is 14.6. The van der Waals surface area contributed by atoms with Gasteiger partial charge in [0.15, 0.2) is 11.5 Å². The van der Waals surface area contributed by atoms with Crippen LogP contribution in [0.1, 0.15) is 30.3 Å². The number of nitrogens with one attached hydrogen (secondary N) is 1. The number of ether oxygens (including phenoxy) is 2. The molecular weight excluding hydrogens is 418 g/mol. The van der Waals surface area contributed by atoms with Crippen molar-refractivity contribution >= 4 is 34.8 Å². The summed E-state index contributed by atoms with van der Waals surface area (Å²) < 4.78 is 16.4. The third kappa shape index (κ3) is 4.11. The summed E-state index contributed by atoms with van der Waals surface area (Å²) in [6.45, 7) is 1.94. The third-order valence-electron chi connectivity index (χ3n) is 5.10. The number of rotatable bonds is 6. The van der Waals surface area contributed by atoms with Crippen LogP contribution in [0.25, 0.3) is 22.5 Å². The van der Waals surface area contributed by atoms with Crippen LogP contribution in [0.5, 0.6) is 11.5 Å². The van der Waals surface area contributed by atoms with Gasteiger partial charge in [-0.2, -0.15) is 4.98 Å². The van der Waals surface area contributed by atoms with E-state index in [0.29, 0.717) is 34.5 Å². The molecule has 5 rings (SSSR count). The number of hydrogen-bond donors (Lipinski definition) is 1. The Morgan fingerprint density at radius 3 is 2.45 bits per heavy atom. The molecule has 0 bridgehead atoms. The number of aryl methyl sites for hydroxylation is 1. The van der Waals surface area contributed by atoms with E-state index in [4.69, 9.17) is 14.0 Å². The van der Waals surface area contributed by atoms with E-state index in [9.17, 15) is 0 Å². The lowest BCUT2D eigenvalue weighted by atomic mass is 10.1. The van der Waals surface area contributed by atoms with E-state index in [-0.39, 0.29) is 12.4 Å². The second-order valence-corrected chi connectivity index (χ2v) is 7.33. The van der Waals surface area contributed by atoms with Crippen LogP contribution < -0.4 is 14.8 Å². The van der Waals surface area contributed by atoms with Crippen LogP contribution in [-0.2, 0) is 0 Å². The minimum Gasteiger partial charge on any atom is -0.497 e. The van der Waals surface area contributed by atoms with Crippen molar-refractivity contribution in [1.82, 2.24) is 20.1 Å². The number of methoxy groups -OCH3 is 2. The largest absolute Gasteiger partial charge is 0.497 e. The molecule has 1 N–H and O–H groups in total. The molecule has 1 saturated carbocycles. The normalized spacial score (nSPS) is 13.0. The van der Waals surface area contributed by atoms with Crippen molar-refractivity contribution in [2.45, 2.75) is 25.7 Å². The van der Waals surface area contributed by atoms with Crippen molar-refractivity contribution in [1.29, 1.82) is 0 Å². The number of anilines is 2. The van der Waals surface area contributed by atoms with Gasteiger partial charge in [0.1, 0.15) is 11.5 Å². The van der Waals surface area contributed by atoms with E-state index in [2.05, 4.69) is 25.4 Å². The Balaban J connectivity index is 0.00000231. The van der Waals surface area contributed by atoms with Gasteiger partial charge in [-0.3, -0.25) is 0 Å². The first kappa shape index (κ1) is 20.9. The molecule has 160 valence electrons. The van der Waals surface area contributed by atoms with Crippen molar-refractivity contribution in [2.24, 2.45) is 0 Å². The average Bonchev–Trinajstić information content (AvgIpc) is 3.50. The van der Waals surface area contributed by atoms with Gasteiger partial charge < -0.3 is 19.3 Å². The van der Waals surface area contributed by atoms with Gasteiger partial charge in [-0.25, -0.2) is 9.97 Å². The number of hydrogen-bond acceptors (Lipinski definition) is 8. The van der Waals surface area contributed by atoms with Crippen LogP contribution in [0, 0.1) is 6.92 Å². The summed E-state index contributed by atoms with van der Waals surface area (Å²) in [5, 5.41) is 8.48. The molecular formula is C22H22ClN5O3. The summed E-state index contributed by atoms with van der Waals surface area (Å²) in [6.07, 6.45) is 3.93. The Hall–Kier alpha value is -3.39. The fraction of sp³-hybridized carbons (Fsp3) is 0.273. The fourth-order valence-corrected chi connectivity index (χ4v) is 3.34. The Labute approximate surface area is 185 Å². The zero-order valence-corrected chi connectivity index (χ0v) is 18.2. The molecule has 3 aromatic heterocycles. The standard InChI is InChI=1S/C22H21N5O3.ClH/c1-12-4-7-17-19(25-14-8-15(28-2)10-16(9-14)29-3)18(11-23-21(17)24-12)22-26-20(27-30-22)13-5-6-13;/h4,7-11,13H,5-6H2,1-3H3,(H,23,24,25);1H. The smallest absolute Gasteiger partial charge is 0.261 e. The average molecular weight is 440 g/mol. The lowest BCUT2D eigenvalue weighted by molar-refractivity contribution is 0.395. The van der Waals surface area contributed by atoms with Crippen LogP contribution in [0.4, 0.5) is 11.4 Å². The number of aromatic nitrogens is 4. The van der Waals surface area contributed by atoms with E-state index in [0.717, 1.165) is 41.1 Å². The van der Waals surface area contributed by atoms with Gasteiger partial charge in [-0.15, -0.1) is 12.4 Å². The van der Waals surface area contributed by atoms with E-state index >= 15 is 0 Å². The van der Waals surface area contributed by atoms with Crippen LogP contribution in [0.2, 0.25) is 0 Å². The molecule has 0 aliphatic heterocycles. The highest BCUT2D eigenvalue weighted by Crippen LogP contribution is 2.41.